The Morgan fingerprint density at radius 2 is 1.74 bits per heavy atom. The minimum atomic E-state index is -4.42. The first-order chi connectivity index (χ1) is 16.7. The topological polar surface area (TPSA) is 57.9 Å². The molecule has 180 valence electrons. The van der Waals surface area contributed by atoms with E-state index in [1.165, 1.54) is 28.0 Å². The van der Waals surface area contributed by atoms with Gasteiger partial charge in [-0.3, -0.25) is 14.0 Å². The summed E-state index contributed by atoms with van der Waals surface area (Å²) in [5, 5.41) is 1.84. The molecule has 0 spiro atoms. The molecule has 0 saturated carbocycles. The molecule has 2 aromatic carbocycles. The minimum absolute atomic E-state index is 0.0261. The van der Waals surface area contributed by atoms with Crippen molar-refractivity contribution in [2.45, 2.75) is 13.1 Å². The Balaban J connectivity index is 1.37. The van der Waals surface area contributed by atoms with Crippen LogP contribution in [0.5, 0.6) is 0 Å². The zero-order valence-electron chi connectivity index (χ0n) is 18.7. The smallest absolute Gasteiger partial charge is 0.368 e. The lowest BCUT2D eigenvalue weighted by molar-refractivity contribution is -0.137. The van der Waals surface area contributed by atoms with Gasteiger partial charge in [0.05, 0.1) is 11.3 Å². The molecule has 4 aromatic rings. The van der Waals surface area contributed by atoms with E-state index < -0.39 is 23.2 Å². The maximum Gasteiger partial charge on any atom is 0.416 e. The van der Waals surface area contributed by atoms with Crippen molar-refractivity contribution < 1.29 is 18.0 Å². The molecule has 1 aliphatic heterocycles. The number of carbonyl (C=O) groups is 1. The van der Waals surface area contributed by atoms with Crippen LogP contribution in [0.25, 0.3) is 16.2 Å². The standard InChI is InChI=1S/C25H21F3N4O2S/c1-16-5-7-17(8-6-16)21-15-35-24-29-14-20(23(34)32(21)24)22(33)31-11-9-30(10-12-31)19-4-2-3-18(13-19)25(26,27)28/h2-8,13-15H,9-12H2,1H3. The molecule has 1 amide bonds. The Bertz CT molecular complexity index is 1450. The van der Waals surface area contributed by atoms with Gasteiger partial charge in [0, 0.05) is 43.4 Å². The maximum atomic E-state index is 13.3. The van der Waals surface area contributed by atoms with E-state index in [-0.39, 0.29) is 18.7 Å². The third-order valence-electron chi connectivity index (χ3n) is 6.13. The molecule has 1 aliphatic rings. The SMILES string of the molecule is Cc1ccc(-c2csc3ncc(C(=O)N4CCN(c5cccc(C(F)(F)F)c5)CC4)c(=O)n23)cc1. The molecule has 1 saturated heterocycles. The lowest BCUT2D eigenvalue weighted by Crippen LogP contribution is -2.49. The summed E-state index contributed by atoms with van der Waals surface area (Å²) in [5.74, 6) is -0.429. The van der Waals surface area contributed by atoms with Crippen molar-refractivity contribution in [3.8, 4) is 11.3 Å². The fraction of sp³-hybridized carbons (Fsp3) is 0.240. The molecule has 0 bridgehead atoms. The molecule has 0 atom stereocenters. The molecular formula is C25H21F3N4O2S. The van der Waals surface area contributed by atoms with Gasteiger partial charge < -0.3 is 9.80 Å². The molecule has 0 radical (unpaired) electrons. The number of thiazole rings is 1. The summed E-state index contributed by atoms with van der Waals surface area (Å²) in [7, 11) is 0. The van der Waals surface area contributed by atoms with Crippen molar-refractivity contribution >= 4 is 27.9 Å². The number of benzene rings is 2. The third-order valence-corrected chi connectivity index (χ3v) is 6.97. The van der Waals surface area contributed by atoms with Gasteiger partial charge in [-0.1, -0.05) is 35.9 Å². The molecule has 3 heterocycles. The second kappa shape index (κ2) is 8.84. The molecule has 35 heavy (non-hydrogen) atoms. The normalized spacial score (nSPS) is 14.5. The number of hydrogen-bond acceptors (Lipinski definition) is 5. The monoisotopic (exact) mass is 498 g/mol. The molecule has 6 nitrogen and oxygen atoms in total. The largest absolute Gasteiger partial charge is 0.416 e. The van der Waals surface area contributed by atoms with E-state index >= 15 is 0 Å². The minimum Gasteiger partial charge on any atom is -0.368 e. The first kappa shape index (κ1) is 23.1. The summed E-state index contributed by atoms with van der Waals surface area (Å²) < 4.78 is 40.6. The quantitative estimate of drug-likeness (QED) is 0.411. The van der Waals surface area contributed by atoms with Gasteiger partial charge in [0.15, 0.2) is 4.96 Å². The summed E-state index contributed by atoms with van der Waals surface area (Å²) >= 11 is 1.32. The lowest BCUT2D eigenvalue weighted by Gasteiger charge is -2.36. The highest BCUT2D eigenvalue weighted by Crippen LogP contribution is 2.32. The van der Waals surface area contributed by atoms with Crippen LogP contribution in [0.4, 0.5) is 18.9 Å². The number of amides is 1. The first-order valence-corrected chi connectivity index (χ1v) is 11.9. The Kier molecular flexibility index (Phi) is 5.84. The summed E-state index contributed by atoms with van der Waals surface area (Å²) in [4.78, 5) is 34.7. The highest BCUT2D eigenvalue weighted by atomic mass is 32.1. The number of carbonyl (C=O) groups excluding carboxylic acids is 1. The average Bonchev–Trinajstić information content (AvgIpc) is 3.29. The number of anilines is 1. The number of nitrogens with zero attached hydrogens (tertiary/aromatic N) is 4. The van der Waals surface area contributed by atoms with E-state index in [0.29, 0.717) is 29.4 Å². The van der Waals surface area contributed by atoms with Gasteiger partial charge in [-0.05, 0) is 30.7 Å². The first-order valence-electron chi connectivity index (χ1n) is 11.0. The van der Waals surface area contributed by atoms with E-state index in [4.69, 9.17) is 0 Å². The van der Waals surface area contributed by atoms with Crippen LogP contribution in [0.3, 0.4) is 0 Å². The van der Waals surface area contributed by atoms with Gasteiger partial charge in [0.2, 0.25) is 0 Å². The molecular weight excluding hydrogens is 477 g/mol. The lowest BCUT2D eigenvalue weighted by atomic mass is 10.1. The molecule has 10 heteroatoms. The molecule has 0 unspecified atom stereocenters. The predicted octanol–water partition coefficient (Wildman–Crippen LogP) is 4.71. The van der Waals surface area contributed by atoms with Crippen LogP contribution >= 0.6 is 11.3 Å². The highest BCUT2D eigenvalue weighted by molar-refractivity contribution is 7.15. The van der Waals surface area contributed by atoms with Gasteiger partial charge in [-0.15, -0.1) is 11.3 Å². The van der Waals surface area contributed by atoms with Crippen LogP contribution in [-0.4, -0.2) is 46.4 Å². The van der Waals surface area contributed by atoms with E-state index in [1.54, 1.807) is 11.0 Å². The van der Waals surface area contributed by atoms with E-state index in [1.807, 2.05) is 41.5 Å². The molecule has 0 aliphatic carbocycles. The Hall–Kier alpha value is -3.66. The Labute approximate surface area is 202 Å². The van der Waals surface area contributed by atoms with Crippen molar-refractivity contribution in [1.29, 1.82) is 0 Å². The molecule has 1 fully saturated rings. The number of fused-ring (bicyclic) bond motifs is 1. The second-order valence-corrected chi connectivity index (χ2v) is 9.25. The maximum absolute atomic E-state index is 13.3. The van der Waals surface area contributed by atoms with Crippen molar-refractivity contribution in [2.75, 3.05) is 31.1 Å². The van der Waals surface area contributed by atoms with Crippen LogP contribution in [-0.2, 0) is 6.18 Å². The molecule has 5 rings (SSSR count). The zero-order valence-corrected chi connectivity index (χ0v) is 19.6. The van der Waals surface area contributed by atoms with E-state index in [9.17, 15) is 22.8 Å². The van der Waals surface area contributed by atoms with E-state index in [0.717, 1.165) is 23.3 Å². The van der Waals surface area contributed by atoms with Gasteiger partial charge in [0.1, 0.15) is 5.56 Å². The Morgan fingerprint density at radius 3 is 2.43 bits per heavy atom. The number of piperazine rings is 1. The van der Waals surface area contributed by atoms with Crippen LogP contribution < -0.4 is 10.5 Å². The van der Waals surface area contributed by atoms with E-state index in [2.05, 4.69) is 4.98 Å². The van der Waals surface area contributed by atoms with Crippen LogP contribution in [0.2, 0.25) is 0 Å². The number of aromatic nitrogens is 2. The second-order valence-electron chi connectivity index (χ2n) is 8.41. The zero-order chi connectivity index (χ0) is 24.7. The van der Waals surface area contributed by atoms with Gasteiger partial charge in [-0.25, -0.2) is 4.98 Å². The predicted molar refractivity (Wildman–Crippen MR) is 129 cm³/mol. The van der Waals surface area contributed by atoms with Crippen LogP contribution in [0.15, 0.2) is 64.9 Å². The molecule has 0 N–H and O–H groups in total. The Morgan fingerprint density at radius 1 is 1.03 bits per heavy atom. The van der Waals surface area contributed by atoms with Crippen molar-refractivity contribution in [3.05, 3.63) is 87.2 Å². The fourth-order valence-electron chi connectivity index (χ4n) is 4.18. The number of rotatable bonds is 3. The van der Waals surface area contributed by atoms with Crippen molar-refractivity contribution in [2.24, 2.45) is 0 Å². The summed E-state index contributed by atoms with van der Waals surface area (Å²) in [6.45, 7) is 3.26. The number of aryl methyl sites for hydroxylation is 1. The number of alkyl halides is 3. The van der Waals surface area contributed by atoms with Gasteiger partial charge in [-0.2, -0.15) is 13.2 Å². The van der Waals surface area contributed by atoms with Crippen molar-refractivity contribution in [3.63, 3.8) is 0 Å². The average molecular weight is 499 g/mol. The highest BCUT2D eigenvalue weighted by Gasteiger charge is 2.31. The summed E-state index contributed by atoms with van der Waals surface area (Å²) in [6.07, 6.45) is -3.10. The number of hydrogen-bond donors (Lipinski definition) is 0. The number of halogens is 3. The van der Waals surface area contributed by atoms with Crippen LogP contribution in [0, 0.1) is 6.92 Å². The van der Waals surface area contributed by atoms with Gasteiger partial charge in [0.25, 0.3) is 11.5 Å². The van der Waals surface area contributed by atoms with Crippen molar-refractivity contribution in [1.82, 2.24) is 14.3 Å². The third kappa shape index (κ3) is 4.41. The summed E-state index contributed by atoms with van der Waals surface area (Å²) in [5.41, 5.74) is 1.91. The van der Waals surface area contributed by atoms with Crippen LogP contribution in [0.1, 0.15) is 21.5 Å². The molecule has 2 aromatic heterocycles. The summed E-state index contributed by atoms with van der Waals surface area (Å²) in [6, 6.07) is 12.9. The fourth-order valence-corrected chi connectivity index (χ4v) is 5.04. The van der Waals surface area contributed by atoms with Gasteiger partial charge >= 0.3 is 6.18 Å².